The van der Waals surface area contributed by atoms with Crippen LogP contribution < -0.4 is 20.4 Å². The number of anilines is 2. The van der Waals surface area contributed by atoms with Gasteiger partial charge in [-0.1, -0.05) is 18.2 Å². The van der Waals surface area contributed by atoms with Gasteiger partial charge in [-0.15, -0.1) is 24.0 Å². The van der Waals surface area contributed by atoms with Gasteiger partial charge in [0.15, 0.2) is 5.96 Å². The molecule has 1 aliphatic rings. The van der Waals surface area contributed by atoms with Gasteiger partial charge >= 0.3 is 0 Å². The SMILES string of the molecule is CN=C(NCc1ccc(N2CCCC2=O)cc1)NCc1cccc(N(C)C)n1.I. The molecule has 1 aromatic carbocycles. The third-order valence-corrected chi connectivity index (χ3v) is 4.69. The lowest BCUT2D eigenvalue weighted by Gasteiger charge is -2.16. The third kappa shape index (κ3) is 6.31. The Hall–Kier alpha value is -2.36. The summed E-state index contributed by atoms with van der Waals surface area (Å²) < 4.78 is 0. The highest BCUT2D eigenvalue weighted by atomic mass is 127. The predicted octanol–water partition coefficient (Wildman–Crippen LogP) is 2.76. The Balaban J connectivity index is 0.00000300. The molecule has 8 heteroatoms. The first-order valence-electron chi connectivity index (χ1n) is 9.54. The largest absolute Gasteiger partial charge is 0.363 e. The van der Waals surface area contributed by atoms with Crippen LogP contribution in [0.1, 0.15) is 24.1 Å². The molecule has 2 N–H and O–H groups in total. The minimum absolute atomic E-state index is 0. The molecule has 2 heterocycles. The van der Waals surface area contributed by atoms with Gasteiger partial charge in [-0.2, -0.15) is 0 Å². The Morgan fingerprint density at radius 3 is 2.48 bits per heavy atom. The molecule has 3 rings (SSSR count). The molecule has 29 heavy (non-hydrogen) atoms. The van der Waals surface area contributed by atoms with E-state index in [1.165, 1.54) is 0 Å². The normalized spacial score (nSPS) is 13.8. The smallest absolute Gasteiger partial charge is 0.227 e. The number of guanidine groups is 1. The molecule has 0 unspecified atom stereocenters. The van der Waals surface area contributed by atoms with E-state index in [1.807, 2.05) is 66.4 Å². The first kappa shape index (κ1) is 22.9. The van der Waals surface area contributed by atoms with Crippen LogP contribution in [0.25, 0.3) is 0 Å². The van der Waals surface area contributed by atoms with E-state index in [9.17, 15) is 4.79 Å². The monoisotopic (exact) mass is 508 g/mol. The molecule has 0 atom stereocenters. The highest BCUT2D eigenvalue weighted by molar-refractivity contribution is 14.0. The Kier molecular flexibility index (Phi) is 8.69. The van der Waals surface area contributed by atoms with E-state index < -0.39 is 0 Å². The lowest BCUT2D eigenvalue weighted by atomic mass is 10.2. The van der Waals surface area contributed by atoms with Crippen LogP contribution in [0.3, 0.4) is 0 Å². The number of pyridine rings is 1. The number of nitrogens with zero attached hydrogens (tertiary/aromatic N) is 4. The summed E-state index contributed by atoms with van der Waals surface area (Å²) in [6.07, 6.45) is 1.59. The number of benzene rings is 1. The fourth-order valence-corrected chi connectivity index (χ4v) is 3.11. The van der Waals surface area contributed by atoms with E-state index in [0.29, 0.717) is 19.5 Å². The number of amides is 1. The number of hydrogen-bond acceptors (Lipinski definition) is 4. The third-order valence-electron chi connectivity index (χ3n) is 4.69. The quantitative estimate of drug-likeness (QED) is 0.357. The molecule has 0 saturated carbocycles. The molecule has 2 aromatic rings. The van der Waals surface area contributed by atoms with E-state index in [0.717, 1.165) is 41.7 Å². The topological polar surface area (TPSA) is 72.9 Å². The predicted molar refractivity (Wildman–Crippen MR) is 129 cm³/mol. The van der Waals surface area contributed by atoms with Gasteiger partial charge in [0.25, 0.3) is 0 Å². The van der Waals surface area contributed by atoms with Crippen LogP contribution >= 0.6 is 24.0 Å². The summed E-state index contributed by atoms with van der Waals surface area (Å²) in [4.78, 5) is 24.5. The van der Waals surface area contributed by atoms with Crippen LogP contribution in [-0.4, -0.2) is 44.5 Å². The molecule has 1 amide bonds. The average Bonchev–Trinajstić information content (AvgIpc) is 3.14. The molecule has 1 aromatic heterocycles. The summed E-state index contributed by atoms with van der Waals surface area (Å²) in [5.41, 5.74) is 3.06. The van der Waals surface area contributed by atoms with Gasteiger partial charge in [-0.3, -0.25) is 9.79 Å². The van der Waals surface area contributed by atoms with Crippen LogP contribution in [-0.2, 0) is 17.9 Å². The van der Waals surface area contributed by atoms with Crippen molar-refractivity contribution in [1.82, 2.24) is 15.6 Å². The second-order valence-electron chi connectivity index (χ2n) is 6.98. The van der Waals surface area contributed by atoms with Gasteiger partial charge in [0.05, 0.1) is 12.2 Å². The number of carbonyl (C=O) groups is 1. The lowest BCUT2D eigenvalue weighted by Crippen LogP contribution is -2.36. The molecular weight excluding hydrogens is 479 g/mol. The second-order valence-corrected chi connectivity index (χ2v) is 6.98. The van der Waals surface area contributed by atoms with E-state index >= 15 is 0 Å². The number of rotatable bonds is 6. The summed E-state index contributed by atoms with van der Waals surface area (Å²) in [5.74, 6) is 1.86. The maximum Gasteiger partial charge on any atom is 0.227 e. The second kappa shape index (κ2) is 11.0. The Morgan fingerprint density at radius 1 is 1.14 bits per heavy atom. The number of hydrogen-bond donors (Lipinski definition) is 2. The number of carbonyl (C=O) groups excluding carboxylic acids is 1. The zero-order valence-corrected chi connectivity index (χ0v) is 19.5. The molecule has 0 spiro atoms. The summed E-state index contributed by atoms with van der Waals surface area (Å²) in [7, 11) is 5.71. The molecular formula is C21H29IN6O. The molecule has 1 aliphatic heterocycles. The highest BCUT2D eigenvalue weighted by Gasteiger charge is 2.21. The molecule has 0 bridgehead atoms. The maximum absolute atomic E-state index is 11.8. The van der Waals surface area contributed by atoms with Crippen LogP contribution in [0.2, 0.25) is 0 Å². The van der Waals surface area contributed by atoms with Gasteiger partial charge in [0.1, 0.15) is 5.82 Å². The van der Waals surface area contributed by atoms with Crippen molar-refractivity contribution in [3.05, 3.63) is 53.7 Å². The summed E-state index contributed by atoms with van der Waals surface area (Å²) in [6, 6.07) is 14.1. The van der Waals surface area contributed by atoms with Crippen LogP contribution in [0.4, 0.5) is 11.5 Å². The van der Waals surface area contributed by atoms with Gasteiger partial charge in [-0.25, -0.2) is 4.98 Å². The van der Waals surface area contributed by atoms with Gasteiger partial charge in [0, 0.05) is 46.3 Å². The van der Waals surface area contributed by atoms with E-state index in [2.05, 4.69) is 20.6 Å². The van der Waals surface area contributed by atoms with Gasteiger partial charge in [-0.05, 0) is 36.2 Å². The Bertz CT molecular complexity index is 837. The van der Waals surface area contributed by atoms with Crippen molar-refractivity contribution in [2.45, 2.75) is 25.9 Å². The molecule has 1 saturated heterocycles. The molecule has 0 radical (unpaired) electrons. The molecule has 0 aliphatic carbocycles. The maximum atomic E-state index is 11.8. The zero-order chi connectivity index (χ0) is 19.9. The van der Waals surface area contributed by atoms with Crippen LogP contribution in [0, 0.1) is 0 Å². The fourth-order valence-electron chi connectivity index (χ4n) is 3.11. The summed E-state index contributed by atoms with van der Waals surface area (Å²) >= 11 is 0. The molecule has 156 valence electrons. The van der Waals surface area contributed by atoms with Crippen molar-refractivity contribution in [2.24, 2.45) is 4.99 Å². The molecule has 7 nitrogen and oxygen atoms in total. The minimum atomic E-state index is 0. The number of halogens is 1. The minimum Gasteiger partial charge on any atom is -0.363 e. The standard InChI is InChI=1S/C21H28N6O.HI/c1-22-21(24-15-17-6-4-7-19(25-17)26(2)3)23-14-16-9-11-18(12-10-16)27-13-5-8-20(27)28;/h4,6-7,9-12H,5,8,13-15H2,1-3H3,(H2,22,23,24);1H. The van der Waals surface area contributed by atoms with Gasteiger partial charge < -0.3 is 20.4 Å². The average molecular weight is 508 g/mol. The van der Waals surface area contributed by atoms with Crippen molar-refractivity contribution < 1.29 is 4.79 Å². The van der Waals surface area contributed by atoms with Gasteiger partial charge in [0.2, 0.25) is 5.91 Å². The zero-order valence-electron chi connectivity index (χ0n) is 17.2. The fraction of sp³-hybridized carbons (Fsp3) is 0.381. The summed E-state index contributed by atoms with van der Waals surface area (Å²) in [5, 5.41) is 6.60. The Labute approximate surface area is 189 Å². The van der Waals surface area contributed by atoms with Crippen molar-refractivity contribution in [1.29, 1.82) is 0 Å². The van der Waals surface area contributed by atoms with E-state index in [-0.39, 0.29) is 29.9 Å². The number of nitrogens with one attached hydrogen (secondary N) is 2. The van der Waals surface area contributed by atoms with Crippen molar-refractivity contribution >= 4 is 47.3 Å². The molecule has 1 fully saturated rings. The van der Waals surface area contributed by atoms with Crippen LogP contribution in [0.5, 0.6) is 0 Å². The number of aromatic nitrogens is 1. The van der Waals surface area contributed by atoms with Crippen LogP contribution in [0.15, 0.2) is 47.5 Å². The van der Waals surface area contributed by atoms with E-state index in [4.69, 9.17) is 0 Å². The van der Waals surface area contributed by atoms with Crippen molar-refractivity contribution in [3.8, 4) is 0 Å². The lowest BCUT2D eigenvalue weighted by molar-refractivity contribution is -0.117. The number of aliphatic imine (C=N–C) groups is 1. The first-order chi connectivity index (χ1) is 13.6. The summed E-state index contributed by atoms with van der Waals surface area (Å²) in [6.45, 7) is 2.06. The first-order valence-corrected chi connectivity index (χ1v) is 9.54. The highest BCUT2D eigenvalue weighted by Crippen LogP contribution is 2.21. The Morgan fingerprint density at radius 2 is 1.86 bits per heavy atom. The van der Waals surface area contributed by atoms with E-state index in [1.54, 1.807) is 7.05 Å². The van der Waals surface area contributed by atoms with Crippen molar-refractivity contribution in [2.75, 3.05) is 37.5 Å². The van der Waals surface area contributed by atoms with Crippen molar-refractivity contribution in [3.63, 3.8) is 0 Å².